The summed E-state index contributed by atoms with van der Waals surface area (Å²) in [5, 5.41) is 3.01. The molecule has 158 valence electrons. The normalized spacial score (nSPS) is 13.9. The summed E-state index contributed by atoms with van der Waals surface area (Å²) in [6.45, 7) is 3.32. The highest BCUT2D eigenvalue weighted by atomic mass is 16.2. The number of carbonyl (C=O) groups is 2. The molecule has 1 N–H and O–H groups in total. The molecule has 4 rings (SSSR count). The van der Waals surface area contributed by atoms with Crippen molar-refractivity contribution >= 4 is 11.8 Å². The van der Waals surface area contributed by atoms with Crippen molar-refractivity contribution in [3.8, 4) is 11.1 Å². The first-order valence-corrected chi connectivity index (χ1v) is 10.7. The van der Waals surface area contributed by atoms with E-state index in [-0.39, 0.29) is 30.7 Å². The van der Waals surface area contributed by atoms with Gasteiger partial charge in [-0.1, -0.05) is 48.5 Å². The van der Waals surface area contributed by atoms with Crippen molar-refractivity contribution in [1.29, 1.82) is 0 Å². The quantitative estimate of drug-likeness (QED) is 0.656. The molecule has 0 aliphatic carbocycles. The van der Waals surface area contributed by atoms with Gasteiger partial charge in [-0.05, 0) is 53.3 Å². The van der Waals surface area contributed by atoms with Crippen molar-refractivity contribution < 1.29 is 9.59 Å². The minimum atomic E-state index is -0.115. The van der Waals surface area contributed by atoms with Gasteiger partial charge < -0.3 is 10.2 Å². The molecule has 2 aromatic carbocycles. The molecule has 0 saturated carbocycles. The lowest BCUT2D eigenvalue weighted by Crippen LogP contribution is -2.36. The molecule has 1 aliphatic heterocycles. The number of aromatic nitrogens is 1. The largest absolute Gasteiger partial charge is 0.350 e. The summed E-state index contributed by atoms with van der Waals surface area (Å²) in [4.78, 5) is 30.9. The molecule has 0 fully saturated rings. The number of nitrogens with one attached hydrogen (secondary N) is 1. The molecule has 2 amide bonds. The summed E-state index contributed by atoms with van der Waals surface area (Å²) in [6.07, 6.45) is 4.87. The Morgan fingerprint density at radius 1 is 0.935 bits per heavy atom. The molecule has 2 heterocycles. The Morgan fingerprint density at radius 3 is 2.35 bits per heavy atom. The van der Waals surface area contributed by atoms with Crippen LogP contribution in [-0.2, 0) is 22.6 Å². The zero-order valence-corrected chi connectivity index (χ0v) is 17.8. The second-order valence-electron chi connectivity index (χ2n) is 7.98. The van der Waals surface area contributed by atoms with Gasteiger partial charge in [0.1, 0.15) is 0 Å². The van der Waals surface area contributed by atoms with Crippen LogP contribution in [0.3, 0.4) is 0 Å². The summed E-state index contributed by atoms with van der Waals surface area (Å²) in [7, 11) is 0. The second kappa shape index (κ2) is 9.56. The van der Waals surface area contributed by atoms with Crippen LogP contribution in [0.25, 0.3) is 11.1 Å². The fourth-order valence-corrected chi connectivity index (χ4v) is 3.99. The molecule has 31 heavy (non-hydrogen) atoms. The van der Waals surface area contributed by atoms with E-state index in [4.69, 9.17) is 0 Å². The van der Waals surface area contributed by atoms with Crippen molar-refractivity contribution in [1.82, 2.24) is 15.2 Å². The van der Waals surface area contributed by atoms with Crippen LogP contribution >= 0.6 is 0 Å². The molecule has 1 aromatic heterocycles. The van der Waals surface area contributed by atoms with E-state index >= 15 is 0 Å². The van der Waals surface area contributed by atoms with Gasteiger partial charge in [-0.25, -0.2) is 0 Å². The Bertz CT molecular complexity index is 1050. The van der Waals surface area contributed by atoms with Gasteiger partial charge in [0.2, 0.25) is 11.8 Å². The molecule has 5 heteroatoms. The Kier molecular flexibility index (Phi) is 6.41. The van der Waals surface area contributed by atoms with Crippen LogP contribution in [0.5, 0.6) is 0 Å². The van der Waals surface area contributed by atoms with Gasteiger partial charge in [0, 0.05) is 38.3 Å². The summed E-state index contributed by atoms with van der Waals surface area (Å²) < 4.78 is 0. The zero-order chi connectivity index (χ0) is 21.6. The van der Waals surface area contributed by atoms with E-state index in [9.17, 15) is 9.59 Å². The van der Waals surface area contributed by atoms with Crippen LogP contribution in [0.15, 0.2) is 73.1 Å². The second-order valence-corrected chi connectivity index (χ2v) is 7.98. The number of pyridine rings is 1. The van der Waals surface area contributed by atoms with Crippen LogP contribution in [0, 0.1) is 0 Å². The number of rotatable bonds is 6. The first-order valence-electron chi connectivity index (χ1n) is 10.7. The van der Waals surface area contributed by atoms with Crippen molar-refractivity contribution in [2.75, 3.05) is 6.54 Å². The first kappa shape index (κ1) is 20.8. The van der Waals surface area contributed by atoms with Gasteiger partial charge in [0.25, 0.3) is 0 Å². The Labute approximate surface area is 183 Å². The number of nitrogens with zero attached hydrogens (tertiary/aromatic N) is 2. The average Bonchev–Trinajstić information content (AvgIpc) is 2.83. The lowest BCUT2D eigenvalue weighted by molar-refractivity contribution is -0.134. The Balaban J connectivity index is 1.26. The molecule has 0 radical (unpaired) electrons. The average molecular weight is 414 g/mol. The van der Waals surface area contributed by atoms with Gasteiger partial charge in [-0.15, -0.1) is 0 Å². The van der Waals surface area contributed by atoms with E-state index in [1.54, 1.807) is 12.4 Å². The molecule has 1 aliphatic rings. The lowest BCUT2D eigenvalue weighted by atomic mass is 9.99. The molecule has 3 aromatic rings. The van der Waals surface area contributed by atoms with Gasteiger partial charge in [-0.2, -0.15) is 0 Å². The molecule has 1 unspecified atom stereocenters. The molecule has 0 bridgehead atoms. The maximum absolute atomic E-state index is 12.6. The highest BCUT2D eigenvalue weighted by Crippen LogP contribution is 2.22. The van der Waals surface area contributed by atoms with Crippen LogP contribution < -0.4 is 5.32 Å². The molecule has 0 spiro atoms. The fraction of sp³-hybridized carbons (Fsp3) is 0.269. The van der Waals surface area contributed by atoms with Crippen molar-refractivity contribution in [3.05, 3.63) is 89.7 Å². The predicted octanol–water partition coefficient (Wildman–Crippen LogP) is 4.29. The van der Waals surface area contributed by atoms with E-state index in [1.807, 2.05) is 60.4 Å². The van der Waals surface area contributed by atoms with E-state index in [1.165, 1.54) is 11.1 Å². The SMILES string of the molecule is CC(NC(=O)CCC(=O)N1CCc2ccccc2C1)c1ccc(-c2ccncc2)cc1. The van der Waals surface area contributed by atoms with Crippen molar-refractivity contribution in [2.45, 2.75) is 38.8 Å². The maximum atomic E-state index is 12.6. The van der Waals surface area contributed by atoms with Gasteiger partial charge in [0.05, 0.1) is 6.04 Å². The minimum Gasteiger partial charge on any atom is -0.350 e. The van der Waals surface area contributed by atoms with Gasteiger partial charge in [-0.3, -0.25) is 14.6 Å². The van der Waals surface area contributed by atoms with Gasteiger partial charge >= 0.3 is 0 Å². The Hall–Kier alpha value is -3.47. The molecule has 5 nitrogen and oxygen atoms in total. The highest BCUT2D eigenvalue weighted by Gasteiger charge is 2.21. The predicted molar refractivity (Wildman–Crippen MR) is 121 cm³/mol. The van der Waals surface area contributed by atoms with Crippen LogP contribution in [0.1, 0.15) is 42.5 Å². The van der Waals surface area contributed by atoms with Gasteiger partial charge in [0.15, 0.2) is 0 Å². The fourth-order valence-electron chi connectivity index (χ4n) is 3.99. The third-order valence-electron chi connectivity index (χ3n) is 5.85. The monoisotopic (exact) mass is 413 g/mol. The number of amides is 2. The summed E-state index contributed by atoms with van der Waals surface area (Å²) >= 11 is 0. The highest BCUT2D eigenvalue weighted by molar-refractivity contribution is 5.84. The molecular formula is C26H27N3O2. The van der Waals surface area contributed by atoms with Crippen LogP contribution in [0.4, 0.5) is 0 Å². The van der Waals surface area contributed by atoms with E-state index in [0.29, 0.717) is 6.54 Å². The summed E-state index contributed by atoms with van der Waals surface area (Å²) in [5.41, 5.74) is 5.77. The zero-order valence-electron chi connectivity index (χ0n) is 17.8. The van der Waals surface area contributed by atoms with E-state index < -0.39 is 0 Å². The van der Waals surface area contributed by atoms with E-state index in [2.05, 4.69) is 22.4 Å². The van der Waals surface area contributed by atoms with Crippen molar-refractivity contribution in [2.24, 2.45) is 0 Å². The van der Waals surface area contributed by atoms with Crippen molar-refractivity contribution in [3.63, 3.8) is 0 Å². The van der Waals surface area contributed by atoms with Crippen LogP contribution in [-0.4, -0.2) is 28.2 Å². The topological polar surface area (TPSA) is 62.3 Å². The molecule has 1 atom stereocenters. The number of hydrogen-bond acceptors (Lipinski definition) is 3. The van der Waals surface area contributed by atoms with E-state index in [0.717, 1.165) is 29.7 Å². The third-order valence-corrected chi connectivity index (χ3v) is 5.85. The summed E-state index contributed by atoms with van der Waals surface area (Å²) in [5.74, 6) is -0.0597. The number of fused-ring (bicyclic) bond motifs is 1. The molecular weight excluding hydrogens is 386 g/mol. The minimum absolute atomic E-state index is 0.0407. The summed E-state index contributed by atoms with van der Waals surface area (Å²) in [6, 6.07) is 20.2. The third kappa shape index (κ3) is 5.18. The Morgan fingerprint density at radius 2 is 1.61 bits per heavy atom. The number of carbonyl (C=O) groups excluding carboxylic acids is 2. The maximum Gasteiger partial charge on any atom is 0.223 e. The number of hydrogen-bond donors (Lipinski definition) is 1. The van der Waals surface area contributed by atoms with Crippen LogP contribution in [0.2, 0.25) is 0 Å². The first-order chi connectivity index (χ1) is 15.1. The smallest absolute Gasteiger partial charge is 0.223 e. The number of benzene rings is 2. The molecule has 0 saturated heterocycles. The lowest BCUT2D eigenvalue weighted by Gasteiger charge is -2.29. The standard InChI is InChI=1S/C26H27N3O2/c1-19(20-6-8-22(9-7-20)23-12-15-27-16-13-23)28-25(30)10-11-26(31)29-17-14-21-4-2-3-5-24(21)18-29/h2-9,12-13,15-16,19H,10-11,14,17-18H2,1H3,(H,28,30).